The molecule has 18 heavy (non-hydrogen) atoms. The van der Waals surface area contributed by atoms with Gasteiger partial charge < -0.3 is 4.74 Å². The van der Waals surface area contributed by atoms with E-state index in [9.17, 15) is 18.0 Å². The number of alkyl halides is 3. The van der Waals surface area contributed by atoms with Crippen LogP contribution in [0.15, 0.2) is 18.2 Å². The van der Waals surface area contributed by atoms with Crippen molar-refractivity contribution in [2.75, 3.05) is 0 Å². The van der Waals surface area contributed by atoms with E-state index in [2.05, 4.69) is 0 Å². The Morgan fingerprint density at radius 1 is 1.44 bits per heavy atom. The van der Waals surface area contributed by atoms with Crippen molar-refractivity contribution in [1.82, 2.24) is 0 Å². The van der Waals surface area contributed by atoms with Crippen molar-refractivity contribution in [2.24, 2.45) is 0 Å². The van der Waals surface area contributed by atoms with Crippen LogP contribution in [0.5, 0.6) is 5.75 Å². The van der Waals surface area contributed by atoms with E-state index in [1.165, 1.54) is 6.07 Å². The molecule has 0 N–H and O–H groups in total. The largest absolute Gasteiger partial charge is 0.481 e. The number of benzene rings is 1. The molecule has 0 spiro atoms. The molecule has 1 rings (SSSR count). The fraction of sp³-hybridized carbons (Fsp3) is 0.364. The first-order valence-electron chi connectivity index (χ1n) is 4.98. The maximum Gasteiger partial charge on any atom is 0.417 e. The second kappa shape index (κ2) is 5.80. The van der Waals surface area contributed by atoms with E-state index >= 15 is 0 Å². The number of rotatable bonds is 4. The lowest BCUT2D eigenvalue weighted by atomic mass is 10.2. The molecule has 1 atom stereocenters. The summed E-state index contributed by atoms with van der Waals surface area (Å²) in [6.45, 7) is 1.63. The van der Waals surface area contributed by atoms with E-state index in [-0.39, 0.29) is 12.2 Å². The van der Waals surface area contributed by atoms with Gasteiger partial charge in [-0.1, -0.05) is 18.5 Å². The van der Waals surface area contributed by atoms with Crippen molar-refractivity contribution < 1.29 is 22.7 Å². The van der Waals surface area contributed by atoms with Gasteiger partial charge in [0, 0.05) is 0 Å². The fourth-order valence-electron chi connectivity index (χ4n) is 1.25. The van der Waals surface area contributed by atoms with Crippen LogP contribution in [0.25, 0.3) is 0 Å². The molecule has 0 fully saturated rings. The zero-order valence-corrected chi connectivity index (χ0v) is 10.7. The topological polar surface area (TPSA) is 26.3 Å². The number of carbonyl (C=O) groups is 1. The van der Waals surface area contributed by atoms with Crippen LogP contribution in [0.1, 0.15) is 18.9 Å². The van der Waals surface area contributed by atoms with E-state index in [0.29, 0.717) is 0 Å². The van der Waals surface area contributed by atoms with Gasteiger partial charge in [-0.3, -0.25) is 4.79 Å². The molecular weight excluding hydrogens is 292 g/mol. The molecule has 1 unspecified atom stereocenters. The molecule has 0 aliphatic heterocycles. The van der Waals surface area contributed by atoms with Gasteiger partial charge in [-0.15, -0.1) is 0 Å². The van der Waals surface area contributed by atoms with Crippen molar-refractivity contribution in [3.05, 3.63) is 28.8 Å². The molecule has 7 heteroatoms. The monoisotopic (exact) mass is 300 g/mol. The van der Waals surface area contributed by atoms with Crippen LogP contribution < -0.4 is 4.74 Å². The van der Waals surface area contributed by atoms with Gasteiger partial charge in [-0.2, -0.15) is 13.2 Å². The average Bonchev–Trinajstić information content (AvgIpc) is 2.25. The molecule has 0 aromatic heterocycles. The van der Waals surface area contributed by atoms with Crippen molar-refractivity contribution in [3.8, 4) is 5.75 Å². The van der Waals surface area contributed by atoms with E-state index in [4.69, 9.17) is 27.9 Å². The Labute approximate surface area is 112 Å². The highest BCUT2D eigenvalue weighted by Gasteiger charge is 2.33. The SMILES string of the molecule is CCC(Oc1ccc(Cl)c(C(F)(F)F)c1)C(=O)Cl. The smallest absolute Gasteiger partial charge is 0.417 e. The first kappa shape index (κ1) is 15.1. The minimum absolute atomic E-state index is 0.104. The summed E-state index contributed by atoms with van der Waals surface area (Å²) in [5.74, 6) is -0.104. The van der Waals surface area contributed by atoms with Gasteiger partial charge in [0.05, 0.1) is 10.6 Å². The summed E-state index contributed by atoms with van der Waals surface area (Å²) in [5.41, 5.74) is -1.02. The summed E-state index contributed by atoms with van der Waals surface area (Å²) in [4.78, 5) is 10.9. The quantitative estimate of drug-likeness (QED) is 0.776. The highest BCUT2D eigenvalue weighted by atomic mass is 35.5. The van der Waals surface area contributed by atoms with Gasteiger partial charge >= 0.3 is 6.18 Å². The van der Waals surface area contributed by atoms with Crippen LogP contribution in [0.3, 0.4) is 0 Å². The van der Waals surface area contributed by atoms with E-state index in [0.717, 1.165) is 12.1 Å². The second-order valence-corrected chi connectivity index (χ2v) is 4.24. The Morgan fingerprint density at radius 2 is 2.06 bits per heavy atom. The van der Waals surface area contributed by atoms with Crippen LogP contribution in [0, 0.1) is 0 Å². The average molecular weight is 301 g/mol. The molecule has 0 amide bonds. The molecule has 0 saturated carbocycles. The predicted octanol–water partition coefficient (Wildman–Crippen LogP) is 4.28. The van der Waals surface area contributed by atoms with Gasteiger partial charge in [0.1, 0.15) is 5.75 Å². The maximum atomic E-state index is 12.6. The molecule has 2 nitrogen and oxygen atoms in total. The summed E-state index contributed by atoms with van der Waals surface area (Å²) < 4.78 is 42.8. The molecule has 100 valence electrons. The molecule has 0 aliphatic carbocycles. The molecule has 0 aliphatic rings. The molecule has 0 radical (unpaired) electrons. The third-order valence-corrected chi connectivity index (χ3v) is 2.72. The van der Waals surface area contributed by atoms with Crippen LogP contribution in [0.2, 0.25) is 5.02 Å². The third-order valence-electron chi connectivity index (χ3n) is 2.15. The Bertz CT molecular complexity index is 446. The standard InChI is InChI=1S/C11H9Cl2F3O2/c1-2-9(10(13)17)18-6-3-4-8(12)7(5-6)11(14,15)16/h3-5,9H,2H2,1H3. The summed E-state index contributed by atoms with van der Waals surface area (Å²) in [6.07, 6.45) is -5.30. The highest BCUT2D eigenvalue weighted by molar-refractivity contribution is 6.64. The molecule has 0 bridgehead atoms. The Hall–Kier alpha value is -0.940. The maximum absolute atomic E-state index is 12.6. The zero-order valence-electron chi connectivity index (χ0n) is 9.22. The second-order valence-electron chi connectivity index (χ2n) is 3.46. The summed E-state index contributed by atoms with van der Waals surface area (Å²) >= 11 is 10.7. The van der Waals surface area contributed by atoms with Gasteiger partial charge in [0.15, 0.2) is 6.10 Å². The van der Waals surface area contributed by atoms with E-state index in [1.54, 1.807) is 6.92 Å². The summed E-state index contributed by atoms with van der Waals surface area (Å²) in [5, 5.41) is -1.19. The van der Waals surface area contributed by atoms with Crippen LogP contribution >= 0.6 is 23.2 Å². The first-order valence-corrected chi connectivity index (χ1v) is 5.74. The molecule has 1 aromatic rings. The third kappa shape index (κ3) is 3.78. The zero-order chi connectivity index (χ0) is 13.9. The van der Waals surface area contributed by atoms with Gasteiger partial charge in [-0.25, -0.2) is 0 Å². The predicted molar refractivity (Wildman–Crippen MR) is 62.0 cm³/mol. The first-order chi connectivity index (χ1) is 8.25. The van der Waals surface area contributed by atoms with E-state index < -0.39 is 28.1 Å². The van der Waals surface area contributed by atoms with Gasteiger partial charge in [-0.05, 0) is 36.2 Å². The molecule has 0 heterocycles. The van der Waals surface area contributed by atoms with Crippen LogP contribution in [-0.4, -0.2) is 11.3 Å². The number of ether oxygens (including phenoxy) is 1. The molecular formula is C11H9Cl2F3O2. The number of halogens is 5. The molecule has 0 saturated heterocycles. The minimum atomic E-state index is -4.58. The van der Waals surface area contributed by atoms with Crippen molar-refractivity contribution in [2.45, 2.75) is 25.6 Å². The number of hydrogen-bond donors (Lipinski definition) is 0. The Kier molecular flexibility index (Phi) is 4.87. The lowest BCUT2D eigenvalue weighted by Crippen LogP contribution is -2.22. The normalized spacial score (nSPS) is 13.2. The lowest BCUT2D eigenvalue weighted by molar-refractivity contribution is -0.137. The summed E-state index contributed by atoms with van der Waals surface area (Å²) in [7, 11) is 0. The highest BCUT2D eigenvalue weighted by Crippen LogP contribution is 2.37. The van der Waals surface area contributed by atoms with Crippen molar-refractivity contribution in [3.63, 3.8) is 0 Å². The van der Waals surface area contributed by atoms with Gasteiger partial charge in [0.2, 0.25) is 0 Å². The van der Waals surface area contributed by atoms with E-state index in [1.807, 2.05) is 0 Å². The molecule has 1 aromatic carbocycles. The van der Waals surface area contributed by atoms with Crippen LogP contribution in [0.4, 0.5) is 13.2 Å². The summed E-state index contributed by atoms with van der Waals surface area (Å²) in [6, 6.07) is 3.05. The Morgan fingerprint density at radius 3 is 2.50 bits per heavy atom. The number of hydrogen-bond acceptors (Lipinski definition) is 2. The van der Waals surface area contributed by atoms with Crippen molar-refractivity contribution in [1.29, 1.82) is 0 Å². The van der Waals surface area contributed by atoms with Gasteiger partial charge in [0.25, 0.3) is 5.24 Å². The van der Waals surface area contributed by atoms with Crippen molar-refractivity contribution >= 4 is 28.4 Å². The Balaban J connectivity index is 3.02. The number of carbonyl (C=O) groups excluding carboxylic acids is 1. The lowest BCUT2D eigenvalue weighted by Gasteiger charge is -2.15. The van der Waals surface area contributed by atoms with Crippen LogP contribution in [-0.2, 0) is 11.0 Å². The fourth-order valence-corrected chi connectivity index (χ4v) is 1.67. The minimum Gasteiger partial charge on any atom is -0.481 e.